The lowest BCUT2D eigenvalue weighted by Gasteiger charge is -2.52. The number of pyridine rings is 1. The van der Waals surface area contributed by atoms with Gasteiger partial charge in [0.25, 0.3) is 5.91 Å². The number of hydrogen-bond donors (Lipinski definition) is 1. The van der Waals surface area contributed by atoms with E-state index in [1.807, 2.05) is 4.90 Å². The molecule has 0 bridgehead atoms. The van der Waals surface area contributed by atoms with E-state index in [0.717, 1.165) is 12.8 Å². The maximum Gasteiger partial charge on any atom is 0.259 e. The maximum absolute atomic E-state index is 13.4. The second kappa shape index (κ2) is 8.59. The van der Waals surface area contributed by atoms with Crippen LogP contribution in [0, 0.1) is 5.41 Å². The molecule has 2 heterocycles. The number of anilines is 2. The van der Waals surface area contributed by atoms with Gasteiger partial charge < -0.3 is 10.2 Å². The Hall–Kier alpha value is -2.55. The lowest BCUT2D eigenvalue weighted by molar-refractivity contribution is -0.168. The molecule has 182 valence electrons. The number of halogens is 2. The largest absolute Gasteiger partial charge is 0.356 e. The number of carbonyl (C=O) groups is 1. The van der Waals surface area contributed by atoms with Crippen LogP contribution in [0.15, 0.2) is 47.5 Å². The molecule has 1 saturated heterocycles. The van der Waals surface area contributed by atoms with Crippen LogP contribution in [-0.4, -0.2) is 43.6 Å². The van der Waals surface area contributed by atoms with Crippen LogP contribution < -0.4 is 10.2 Å². The Kier molecular flexibility index (Phi) is 5.86. The topological polar surface area (TPSA) is 79.4 Å². The van der Waals surface area contributed by atoms with Gasteiger partial charge in [0, 0.05) is 37.8 Å². The van der Waals surface area contributed by atoms with Gasteiger partial charge in [-0.05, 0) is 61.4 Å². The van der Waals surface area contributed by atoms with Crippen LogP contribution in [-0.2, 0) is 9.84 Å². The molecule has 1 amide bonds. The molecule has 2 aromatic rings. The van der Waals surface area contributed by atoms with Crippen LogP contribution in [0.4, 0.5) is 20.3 Å². The van der Waals surface area contributed by atoms with E-state index in [1.165, 1.54) is 6.07 Å². The highest BCUT2D eigenvalue weighted by Gasteiger charge is 2.56. The predicted molar refractivity (Wildman–Crippen MR) is 126 cm³/mol. The van der Waals surface area contributed by atoms with Crippen molar-refractivity contribution in [1.82, 2.24) is 4.98 Å². The fourth-order valence-corrected chi connectivity index (χ4v) is 7.66. The fourth-order valence-electron chi connectivity index (χ4n) is 5.76. The molecule has 1 aromatic heterocycles. The summed E-state index contributed by atoms with van der Waals surface area (Å²) in [7, 11) is -3.43. The van der Waals surface area contributed by atoms with E-state index < -0.39 is 15.8 Å². The zero-order valence-electron chi connectivity index (χ0n) is 19.0. The van der Waals surface area contributed by atoms with Gasteiger partial charge in [0.2, 0.25) is 5.92 Å². The van der Waals surface area contributed by atoms with Crippen LogP contribution >= 0.6 is 0 Å². The van der Waals surface area contributed by atoms with Gasteiger partial charge in [0.05, 0.1) is 15.7 Å². The van der Waals surface area contributed by atoms with Gasteiger partial charge in [-0.2, -0.15) is 0 Å². The average Bonchev–Trinajstić information content (AvgIpc) is 3.35. The first-order chi connectivity index (χ1) is 16.2. The zero-order chi connectivity index (χ0) is 24.0. The monoisotopic (exact) mass is 489 g/mol. The smallest absolute Gasteiger partial charge is 0.259 e. The number of benzene rings is 1. The van der Waals surface area contributed by atoms with E-state index in [-0.39, 0.29) is 34.3 Å². The van der Waals surface area contributed by atoms with E-state index in [4.69, 9.17) is 0 Å². The molecule has 3 aliphatic rings. The first-order valence-electron chi connectivity index (χ1n) is 11.9. The van der Waals surface area contributed by atoms with Crippen LogP contribution in [0.2, 0.25) is 0 Å². The molecule has 1 N–H and O–H groups in total. The van der Waals surface area contributed by atoms with Crippen LogP contribution in [0.3, 0.4) is 0 Å². The predicted octanol–water partition coefficient (Wildman–Crippen LogP) is 5.07. The first kappa shape index (κ1) is 23.2. The van der Waals surface area contributed by atoms with Crippen molar-refractivity contribution < 1.29 is 22.0 Å². The highest BCUT2D eigenvalue weighted by Crippen LogP contribution is 2.57. The summed E-state index contributed by atoms with van der Waals surface area (Å²) in [6, 6.07) is 9.76. The summed E-state index contributed by atoms with van der Waals surface area (Å²) in [6.45, 7) is 1.14. The number of piperidine rings is 1. The molecular weight excluding hydrogens is 460 g/mol. The lowest BCUT2D eigenvalue weighted by atomic mass is 9.61. The molecule has 2 aliphatic carbocycles. The number of alkyl halides is 2. The molecule has 6 nitrogen and oxygen atoms in total. The van der Waals surface area contributed by atoms with Gasteiger partial charge in [-0.15, -0.1) is 0 Å². The van der Waals surface area contributed by atoms with Crippen molar-refractivity contribution in [3.63, 3.8) is 0 Å². The summed E-state index contributed by atoms with van der Waals surface area (Å²) in [5.74, 6) is -2.40. The van der Waals surface area contributed by atoms with Crippen molar-refractivity contribution in [3.05, 3.63) is 48.2 Å². The average molecular weight is 490 g/mol. The van der Waals surface area contributed by atoms with Gasteiger partial charge in [-0.25, -0.2) is 22.2 Å². The van der Waals surface area contributed by atoms with Crippen LogP contribution in [0.1, 0.15) is 61.7 Å². The minimum absolute atomic E-state index is 0.0521. The third-order valence-corrected chi connectivity index (χ3v) is 9.84. The molecule has 0 unspecified atom stereocenters. The minimum atomic E-state index is -3.43. The molecule has 34 heavy (non-hydrogen) atoms. The number of nitrogens with zero attached hydrogens (tertiary/aromatic N) is 2. The second-order valence-electron chi connectivity index (χ2n) is 10.0. The zero-order valence-corrected chi connectivity index (χ0v) is 19.8. The van der Waals surface area contributed by atoms with Gasteiger partial charge in [-0.3, -0.25) is 4.79 Å². The van der Waals surface area contributed by atoms with E-state index in [1.54, 1.807) is 36.5 Å². The number of nitrogens with one attached hydrogen (secondary N) is 1. The summed E-state index contributed by atoms with van der Waals surface area (Å²) >= 11 is 0. The Labute approximate surface area is 198 Å². The number of amides is 1. The molecule has 5 rings (SSSR count). The lowest BCUT2D eigenvalue weighted by Crippen LogP contribution is -2.52. The third-order valence-electron chi connectivity index (χ3n) is 7.58. The van der Waals surface area contributed by atoms with Crippen molar-refractivity contribution in [2.45, 2.75) is 67.4 Å². The molecule has 1 aliphatic heterocycles. The second-order valence-corrected chi connectivity index (χ2v) is 12.2. The quantitative estimate of drug-likeness (QED) is 0.635. The molecule has 1 aromatic carbocycles. The number of carbonyl (C=O) groups excluding carboxylic acids is 1. The molecule has 3 fully saturated rings. The van der Waals surface area contributed by atoms with Crippen molar-refractivity contribution in [3.8, 4) is 0 Å². The Morgan fingerprint density at radius 1 is 1.06 bits per heavy atom. The normalized spacial score (nSPS) is 21.9. The summed E-state index contributed by atoms with van der Waals surface area (Å²) in [5.41, 5.74) is 0.497. The van der Waals surface area contributed by atoms with E-state index in [2.05, 4.69) is 10.3 Å². The standard InChI is InChI=1S/C25H29F2N3O3S/c26-25(27)16-24(17-25)10-13-30(14-11-24)22-21(9-4-12-28-22)23(31)29-18-5-3-8-20(15-18)34(32,33)19-6-1-2-7-19/h3-5,8-9,12,15,19H,1-2,6-7,10-11,13-14,16-17H2,(H,29,31). The van der Waals surface area contributed by atoms with Gasteiger partial charge in [-0.1, -0.05) is 18.9 Å². The number of aromatic nitrogens is 1. The van der Waals surface area contributed by atoms with Gasteiger partial charge in [0.15, 0.2) is 9.84 Å². The summed E-state index contributed by atoms with van der Waals surface area (Å²) in [4.78, 5) is 19.8. The van der Waals surface area contributed by atoms with E-state index in [0.29, 0.717) is 55.8 Å². The van der Waals surface area contributed by atoms with Crippen molar-refractivity contribution in [2.75, 3.05) is 23.3 Å². The van der Waals surface area contributed by atoms with Crippen LogP contribution in [0.5, 0.6) is 0 Å². The summed E-state index contributed by atoms with van der Waals surface area (Å²) in [6.07, 6.45) is 6.01. The van der Waals surface area contributed by atoms with E-state index >= 15 is 0 Å². The number of rotatable bonds is 5. The highest BCUT2D eigenvalue weighted by atomic mass is 32.2. The van der Waals surface area contributed by atoms with Crippen molar-refractivity contribution >= 4 is 27.2 Å². The first-order valence-corrected chi connectivity index (χ1v) is 13.5. The number of hydrogen-bond acceptors (Lipinski definition) is 5. The SMILES string of the molecule is O=C(Nc1cccc(S(=O)(=O)C2CCCC2)c1)c1cccnc1N1CCC2(CC1)CC(F)(F)C2. The molecular formula is C25H29F2N3O3S. The van der Waals surface area contributed by atoms with Crippen molar-refractivity contribution in [2.24, 2.45) is 5.41 Å². The molecule has 0 atom stereocenters. The van der Waals surface area contributed by atoms with Gasteiger partial charge in [0.1, 0.15) is 5.82 Å². The molecule has 2 saturated carbocycles. The highest BCUT2D eigenvalue weighted by molar-refractivity contribution is 7.92. The third kappa shape index (κ3) is 4.42. The van der Waals surface area contributed by atoms with Gasteiger partial charge >= 0.3 is 0 Å². The Morgan fingerprint density at radius 3 is 2.44 bits per heavy atom. The van der Waals surface area contributed by atoms with E-state index in [9.17, 15) is 22.0 Å². The Balaban J connectivity index is 1.30. The Bertz CT molecular complexity index is 1180. The Morgan fingerprint density at radius 2 is 1.76 bits per heavy atom. The van der Waals surface area contributed by atoms with Crippen molar-refractivity contribution in [1.29, 1.82) is 0 Å². The summed E-state index contributed by atoms with van der Waals surface area (Å²) in [5, 5.41) is 2.46. The molecule has 0 radical (unpaired) electrons. The van der Waals surface area contributed by atoms with Crippen LogP contribution in [0.25, 0.3) is 0 Å². The summed E-state index contributed by atoms with van der Waals surface area (Å²) < 4.78 is 52.8. The number of sulfone groups is 1. The molecule has 1 spiro atoms. The minimum Gasteiger partial charge on any atom is -0.356 e. The fraction of sp³-hybridized carbons (Fsp3) is 0.520. The maximum atomic E-state index is 13.4. The molecule has 9 heteroatoms.